The van der Waals surface area contributed by atoms with E-state index in [1.807, 2.05) is 0 Å². The van der Waals surface area contributed by atoms with Gasteiger partial charge in [-0.1, -0.05) is 0 Å². The van der Waals surface area contributed by atoms with Crippen molar-refractivity contribution in [3.8, 4) is 0 Å². The molecule has 0 aliphatic rings. The van der Waals surface area contributed by atoms with Gasteiger partial charge in [-0.05, 0) is 0 Å². The fourth-order valence-electron chi connectivity index (χ4n) is 0. The Kier molecular flexibility index (Phi) is 51.7. The summed E-state index contributed by atoms with van der Waals surface area (Å²) >= 11 is -0.363. The molecule has 0 spiro atoms. The van der Waals surface area contributed by atoms with Gasteiger partial charge < -0.3 is 0 Å². The van der Waals surface area contributed by atoms with Gasteiger partial charge in [-0.2, -0.15) is 0 Å². The summed E-state index contributed by atoms with van der Waals surface area (Å²) < 4.78 is 0. The molecule has 0 unspecified atom stereocenters. The van der Waals surface area contributed by atoms with Gasteiger partial charge in [-0.3, -0.25) is 0 Å². The van der Waals surface area contributed by atoms with Gasteiger partial charge in [0.15, 0.2) is 0 Å². The molecule has 0 heterocycles. The van der Waals surface area contributed by atoms with Crippen LogP contribution >= 0.6 is 19.6 Å². The summed E-state index contributed by atoms with van der Waals surface area (Å²) in [5.74, 6) is 0. The minimum atomic E-state index is -0.363. The zero-order valence-electron chi connectivity index (χ0n) is 1.89. The summed E-state index contributed by atoms with van der Waals surface area (Å²) in [6.07, 6.45) is 0. The van der Waals surface area contributed by atoms with E-state index in [4.69, 9.17) is 0 Å². The van der Waals surface area contributed by atoms with Crippen LogP contribution in [0.5, 0.6) is 0 Å². The third-order valence-electron chi connectivity index (χ3n) is 0. The summed E-state index contributed by atoms with van der Waals surface area (Å²) in [4.78, 5) is 0. The Morgan fingerprint density at radius 2 is 1.20 bits per heavy atom. The van der Waals surface area contributed by atoms with Crippen molar-refractivity contribution in [1.29, 1.82) is 0 Å². The van der Waals surface area contributed by atoms with E-state index in [1.165, 1.54) is 0 Å². The molecule has 0 aromatic carbocycles. The van der Waals surface area contributed by atoms with Crippen molar-refractivity contribution in [3.05, 3.63) is 0 Å². The van der Waals surface area contributed by atoms with E-state index in [2.05, 4.69) is 19.6 Å². The number of hydrogen-bond acceptors (Lipinski definition) is 2. The molecule has 0 N–H and O–H groups in total. The van der Waals surface area contributed by atoms with Crippen LogP contribution in [-0.4, -0.2) is 0 Å². The summed E-state index contributed by atoms with van der Waals surface area (Å²) in [7, 11) is 8.68. The second-order valence-electron chi connectivity index (χ2n) is 0.0680. The molecular weight excluding hydrogens is 275 g/mol. The van der Waals surface area contributed by atoms with Gasteiger partial charge in [0.25, 0.3) is 0 Å². The fourth-order valence-corrected chi connectivity index (χ4v) is 0. The first kappa shape index (κ1) is 15.7. The quantitative estimate of drug-likeness (QED) is 0.611. The Balaban J connectivity index is -0.0000000200. The molecule has 0 amide bonds. The van der Waals surface area contributed by atoms with E-state index in [0.717, 1.165) is 0 Å². The molecule has 0 saturated heterocycles. The zero-order chi connectivity index (χ0) is 2.71. The third kappa shape index (κ3) is 23.0. The van der Waals surface area contributed by atoms with Gasteiger partial charge in [-0.25, -0.2) is 0 Å². The number of hydrogen-bond donors (Lipinski definition) is 0. The van der Waals surface area contributed by atoms with E-state index in [1.54, 1.807) is 0 Å². The number of rotatable bonds is 0. The van der Waals surface area contributed by atoms with Gasteiger partial charge in [0.05, 0.1) is 0 Å². The van der Waals surface area contributed by atoms with E-state index in [9.17, 15) is 0 Å². The molecule has 0 aliphatic carbocycles. The van der Waals surface area contributed by atoms with E-state index in [0.29, 0.717) is 0 Å². The first-order chi connectivity index (χ1) is 1.41. The van der Waals surface area contributed by atoms with E-state index < -0.39 is 0 Å². The Bertz CT molecular complexity index is 30.6. The van der Waals surface area contributed by atoms with Crippen LogP contribution in [0.15, 0.2) is 0 Å². The molecule has 0 aromatic rings. The average molecular weight is 275 g/mol. The van der Waals surface area contributed by atoms with Crippen LogP contribution in [0.2, 0.25) is 0 Å². The van der Waals surface area contributed by atoms with Crippen molar-refractivity contribution in [2.24, 2.45) is 0 Å². The van der Waals surface area contributed by atoms with Crippen molar-refractivity contribution in [1.82, 2.24) is 0 Å². The second-order valence-corrected chi connectivity index (χ2v) is 3.62. The maximum atomic E-state index is 4.34. The van der Waals surface area contributed by atoms with E-state index >= 15 is 0 Å². The molecule has 36 valence electrons. The molecule has 0 bridgehead atoms. The first-order valence-electron chi connectivity index (χ1n) is 0.333. The molecule has 0 aliphatic heterocycles. The van der Waals surface area contributed by atoms with Crippen LogP contribution in [-0.2, 0) is 48.5 Å². The molecule has 5 heteroatoms. The predicted octanol–water partition coefficient (Wildman–Crippen LogP) is 1.29. The van der Waals surface area contributed by atoms with Crippen LogP contribution in [0.25, 0.3) is 0 Å². The Morgan fingerprint density at radius 3 is 1.20 bits per heavy atom. The van der Waals surface area contributed by atoms with Crippen molar-refractivity contribution in [2.45, 2.75) is 0 Å². The van der Waals surface area contributed by atoms with Gasteiger partial charge >= 0.3 is 34.6 Å². The van der Waals surface area contributed by atoms with Gasteiger partial charge in [0.2, 0.25) is 0 Å². The first-order valence-corrected chi connectivity index (χ1v) is 5.92. The summed E-state index contributed by atoms with van der Waals surface area (Å²) in [5.41, 5.74) is 0. The molecule has 0 radical (unpaired) electrons. The predicted molar refractivity (Wildman–Crippen MR) is 15.2 cm³/mol. The molecule has 0 saturated carbocycles. The van der Waals surface area contributed by atoms with E-state index in [-0.39, 0.29) is 48.5 Å². The SMILES string of the molecule is [Fe].[Ni].[S]=[Mo]=[S]. The average Bonchev–Trinajstić information content (AvgIpc) is 0.918. The molecule has 0 fully saturated rings. The monoisotopic (exact) mass is 276 g/mol. The molecule has 0 rings (SSSR count). The van der Waals surface area contributed by atoms with Crippen LogP contribution in [0.4, 0.5) is 0 Å². The van der Waals surface area contributed by atoms with Gasteiger partial charge in [0.1, 0.15) is 0 Å². The molecule has 0 atom stereocenters. The Labute approximate surface area is 67.3 Å². The summed E-state index contributed by atoms with van der Waals surface area (Å²) in [6, 6.07) is 0. The third-order valence-corrected chi connectivity index (χ3v) is 0. The minimum absolute atomic E-state index is 0. The van der Waals surface area contributed by atoms with Crippen LogP contribution in [0.3, 0.4) is 0 Å². The molecule has 0 aromatic heterocycles. The van der Waals surface area contributed by atoms with Crippen LogP contribution < -0.4 is 0 Å². The molecular formula is FeMoNiS2. The molecule has 5 heavy (non-hydrogen) atoms. The Morgan fingerprint density at radius 1 is 1.20 bits per heavy atom. The summed E-state index contributed by atoms with van der Waals surface area (Å²) in [6.45, 7) is 0. The van der Waals surface area contributed by atoms with Crippen molar-refractivity contribution >= 4 is 19.6 Å². The fraction of sp³-hybridized carbons (Fsp3) is 0. The topological polar surface area (TPSA) is 0 Å². The van der Waals surface area contributed by atoms with Crippen molar-refractivity contribution in [3.63, 3.8) is 0 Å². The maximum absolute atomic E-state index is 4.34. The zero-order valence-corrected chi connectivity index (χ0v) is 7.63. The van der Waals surface area contributed by atoms with Crippen LogP contribution in [0.1, 0.15) is 0 Å². The Hall–Kier alpha value is 2.14. The normalized spacial score (nSPS) is 2.40. The second kappa shape index (κ2) is 16.5. The van der Waals surface area contributed by atoms with Crippen LogP contribution in [0, 0.1) is 0 Å². The van der Waals surface area contributed by atoms with Gasteiger partial charge in [0, 0.05) is 33.6 Å². The molecule has 0 nitrogen and oxygen atoms in total. The van der Waals surface area contributed by atoms with Crippen molar-refractivity contribution in [2.75, 3.05) is 0 Å². The van der Waals surface area contributed by atoms with Crippen molar-refractivity contribution < 1.29 is 48.5 Å². The van der Waals surface area contributed by atoms with Gasteiger partial charge in [-0.15, -0.1) is 0 Å². The summed E-state index contributed by atoms with van der Waals surface area (Å²) in [5, 5.41) is 0. The standard InChI is InChI=1S/Fe.Mo.Ni.2S.